The molecule has 1 unspecified atom stereocenters. The fraction of sp³-hybridized carbons (Fsp3) is 0.417. The van der Waals surface area contributed by atoms with Crippen LogP contribution < -0.4 is 0 Å². The summed E-state index contributed by atoms with van der Waals surface area (Å²) < 4.78 is 49.8. The zero-order valence-corrected chi connectivity index (χ0v) is 10.2. The number of hydrogen-bond donors (Lipinski definition) is 0. The maximum Gasteiger partial charge on any atom is 0.306 e. The van der Waals surface area contributed by atoms with E-state index in [1.54, 1.807) is 30.3 Å². The van der Waals surface area contributed by atoms with Crippen molar-refractivity contribution in [2.75, 3.05) is 12.4 Å². The summed E-state index contributed by atoms with van der Waals surface area (Å²) in [7, 11) is 0. The van der Waals surface area contributed by atoms with E-state index in [-0.39, 0.29) is 10.9 Å². The van der Waals surface area contributed by atoms with Crippen LogP contribution in [0, 0.1) is 0 Å². The molecule has 0 aliphatic heterocycles. The molecule has 0 heterocycles. The van der Waals surface area contributed by atoms with E-state index in [1.807, 2.05) is 0 Å². The van der Waals surface area contributed by atoms with Crippen molar-refractivity contribution < 1.29 is 22.4 Å². The predicted octanol–water partition coefficient (Wildman–Crippen LogP) is 3.89. The minimum absolute atomic E-state index is 0.107. The van der Waals surface area contributed by atoms with Gasteiger partial charge in [-0.2, -0.15) is 0 Å². The lowest BCUT2D eigenvalue weighted by Gasteiger charge is -2.16. The standard InChI is InChI=1S/C12H12F4OS/c13-8-12(15,16)10(14)6-7-18-11(17)9-4-2-1-3-5-9/h1-5,10H,6-8H2. The summed E-state index contributed by atoms with van der Waals surface area (Å²) in [5, 5.41) is -0.314. The molecule has 0 aliphatic rings. The van der Waals surface area contributed by atoms with Crippen LogP contribution in [0.25, 0.3) is 0 Å². The molecule has 0 fully saturated rings. The molecule has 0 aromatic heterocycles. The fourth-order valence-corrected chi connectivity index (χ4v) is 2.02. The average Bonchev–Trinajstić information content (AvgIpc) is 2.39. The highest BCUT2D eigenvalue weighted by molar-refractivity contribution is 8.14. The Balaban J connectivity index is 2.37. The Kier molecular flexibility index (Phi) is 5.65. The molecule has 0 bridgehead atoms. The number of alkyl halides is 4. The summed E-state index contributed by atoms with van der Waals surface area (Å²) >= 11 is 0.750. The van der Waals surface area contributed by atoms with Crippen LogP contribution >= 0.6 is 11.8 Å². The zero-order chi connectivity index (χ0) is 13.6. The van der Waals surface area contributed by atoms with Gasteiger partial charge in [0.15, 0.2) is 12.8 Å². The van der Waals surface area contributed by atoms with Crippen LogP contribution in [0.1, 0.15) is 16.8 Å². The molecule has 100 valence electrons. The van der Waals surface area contributed by atoms with E-state index in [2.05, 4.69) is 0 Å². The molecule has 1 nitrogen and oxygen atoms in total. The largest absolute Gasteiger partial charge is 0.306 e. The number of rotatable bonds is 6. The molecule has 0 saturated carbocycles. The monoisotopic (exact) mass is 280 g/mol. The first-order chi connectivity index (χ1) is 8.47. The first-order valence-corrected chi connectivity index (χ1v) is 6.26. The SMILES string of the molecule is O=C(SCCC(F)C(F)(F)CF)c1ccccc1. The third-order valence-electron chi connectivity index (χ3n) is 2.25. The third-order valence-corrected chi connectivity index (χ3v) is 3.19. The van der Waals surface area contributed by atoms with Crippen molar-refractivity contribution in [3.8, 4) is 0 Å². The van der Waals surface area contributed by atoms with Gasteiger partial charge in [0.25, 0.3) is 0 Å². The highest BCUT2D eigenvalue weighted by atomic mass is 32.2. The van der Waals surface area contributed by atoms with E-state index in [4.69, 9.17) is 0 Å². The van der Waals surface area contributed by atoms with Gasteiger partial charge in [0.1, 0.15) is 0 Å². The third kappa shape index (κ3) is 4.33. The molecular weight excluding hydrogens is 268 g/mol. The second-order valence-electron chi connectivity index (χ2n) is 3.65. The fourth-order valence-electron chi connectivity index (χ4n) is 1.21. The minimum atomic E-state index is -3.96. The Hall–Kier alpha value is -1.04. The van der Waals surface area contributed by atoms with Gasteiger partial charge in [0.2, 0.25) is 5.12 Å². The molecule has 0 radical (unpaired) electrons. The number of carbonyl (C=O) groups is 1. The van der Waals surface area contributed by atoms with Crippen molar-refractivity contribution in [1.29, 1.82) is 0 Å². The second kappa shape index (κ2) is 6.78. The summed E-state index contributed by atoms with van der Waals surface area (Å²) in [6.07, 6.45) is -3.11. The van der Waals surface area contributed by atoms with Crippen molar-refractivity contribution in [2.45, 2.75) is 18.5 Å². The van der Waals surface area contributed by atoms with Crippen LogP contribution in [0.2, 0.25) is 0 Å². The van der Waals surface area contributed by atoms with E-state index in [0.29, 0.717) is 5.56 Å². The van der Waals surface area contributed by atoms with E-state index < -0.39 is 25.2 Å². The van der Waals surface area contributed by atoms with E-state index in [1.165, 1.54) is 0 Å². The van der Waals surface area contributed by atoms with Crippen LogP contribution in [0.4, 0.5) is 17.6 Å². The molecule has 0 N–H and O–H groups in total. The normalized spacial score (nSPS) is 13.3. The van der Waals surface area contributed by atoms with Crippen molar-refractivity contribution in [3.05, 3.63) is 35.9 Å². The van der Waals surface area contributed by atoms with Gasteiger partial charge in [-0.1, -0.05) is 42.1 Å². The Bertz CT molecular complexity index is 383. The topological polar surface area (TPSA) is 17.1 Å². The van der Waals surface area contributed by atoms with Crippen molar-refractivity contribution in [3.63, 3.8) is 0 Å². The van der Waals surface area contributed by atoms with Crippen LogP contribution in [0.3, 0.4) is 0 Å². The van der Waals surface area contributed by atoms with Gasteiger partial charge in [-0.25, -0.2) is 17.6 Å². The Labute approximate surface area is 107 Å². The number of carbonyl (C=O) groups excluding carboxylic acids is 1. The molecule has 6 heteroatoms. The highest BCUT2D eigenvalue weighted by Gasteiger charge is 2.39. The zero-order valence-electron chi connectivity index (χ0n) is 9.41. The number of thioether (sulfide) groups is 1. The minimum Gasteiger partial charge on any atom is -0.282 e. The lowest BCUT2D eigenvalue weighted by molar-refractivity contribution is -0.0881. The summed E-state index contributed by atoms with van der Waals surface area (Å²) in [5.74, 6) is -4.07. The van der Waals surface area contributed by atoms with Gasteiger partial charge in [-0.05, 0) is 6.42 Å². The van der Waals surface area contributed by atoms with Crippen molar-refractivity contribution in [1.82, 2.24) is 0 Å². The lowest BCUT2D eigenvalue weighted by atomic mass is 10.2. The van der Waals surface area contributed by atoms with Gasteiger partial charge < -0.3 is 0 Å². The van der Waals surface area contributed by atoms with Crippen LogP contribution in [0.15, 0.2) is 30.3 Å². The smallest absolute Gasteiger partial charge is 0.282 e. The van der Waals surface area contributed by atoms with E-state index in [0.717, 1.165) is 11.8 Å². The molecule has 1 atom stereocenters. The van der Waals surface area contributed by atoms with Crippen molar-refractivity contribution in [2.24, 2.45) is 0 Å². The van der Waals surface area contributed by atoms with Gasteiger partial charge in [0, 0.05) is 11.3 Å². The summed E-state index contributed by atoms with van der Waals surface area (Å²) in [4.78, 5) is 11.5. The van der Waals surface area contributed by atoms with Gasteiger partial charge >= 0.3 is 5.92 Å². The predicted molar refractivity (Wildman–Crippen MR) is 63.7 cm³/mol. The molecule has 0 aliphatic carbocycles. The number of hydrogen-bond acceptors (Lipinski definition) is 2. The van der Waals surface area contributed by atoms with Gasteiger partial charge in [-0.15, -0.1) is 0 Å². The molecule has 0 spiro atoms. The number of halogens is 4. The van der Waals surface area contributed by atoms with Crippen LogP contribution in [-0.4, -0.2) is 29.6 Å². The first kappa shape index (κ1) is 15.0. The van der Waals surface area contributed by atoms with Crippen LogP contribution in [0.5, 0.6) is 0 Å². The van der Waals surface area contributed by atoms with Crippen LogP contribution in [-0.2, 0) is 0 Å². The molecular formula is C12H12F4OS. The second-order valence-corrected chi connectivity index (χ2v) is 4.72. The van der Waals surface area contributed by atoms with Gasteiger partial charge in [0.05, 0.1) is 0 Å². The molecule has 1 rings (SSSR count). The molecule has 0 saturated heterocycles. The first-order valence-electron chi connectivity index (χ1n) is 5.27. The molecule has 1 aromatic carbocycles. The summed E-state index contributed by atoms with van der Waals surface area (Å²) in [6.45, 7) is -2.02. The highest BCUT2D eigenvalue weighted by Crippen LogP contribution is 2.26. The molecule has 18 heavy (non-hydrogen) atoms. The maximum absolute atomic E-state index is 12.9. The van der Waals surface area contributed by atoms with E-state index in [9.17, 15) is 22.4 Å². The van der Waals surface area contributed by atoms with Crippen molar-refractivity contribution >= 4 is 16.9 Å². The van der Waals surface area contributed by atoms with E-state index >= 15 is 0 Å². The summed E-state index contributed by atoms with van der Waals surface area (Å²) in [6, 6.07) is 8.24. The van der Waals surface area contributed by atoms with Gasteiger partial charge in [-0.3, -0.25) is 4.79 Å². The Morgan fingerprint density at radius 3 is 2.44 bits per heavy atom. The number of benzene rings is 1. The lowest BCUT2D eigenvalue weighted by Crippen LogP contribution is -2.32. The molecule has 0 amide bonds. The Morgan fingerprint density at radius 1 is 1.28 bits per heavy atom. The average molecular weight is 280 g/mol. The quantitative estimate of drug-likeness (QED) is 0.735. The maximum atomic E-state index is 12.9. The summed E-state index contributed by atoms with van der Waals surface area (Å²) in [5.41, 5.74) is 0.426. The Morgan fingerprint density at radius 2 is 1.89 bits per heavy atom. The molecule has 1 aromatic rings.